The number of aryl methyl sites for hydroxylation is 1. The largest absolute Gasteiger partial charge is 0.465 e. The summed E-state index contributed by atoms with van der Waals surface area (Å²) >= 11 is 5.93. The third-order valence-electron chi connectivity index (χ3n) is 5.29. The third-order valence-corrected chi connectivity index (χ3v) is 8.43. The molecule has 0 aliphatic rings. The number of benzene rings is 2. The lowest BCUT2D eigenvalue weighted by molar-refractivity contribution is 0.0600. The number of hydrogen-bond donors (Lipinski definition) is 2. The van der Waals surface area contributed by atoms with Gasteiger partial charge in [-0.05, 0) is 53.1 Å². The van der Waals surface area contributed by atoms with E-state index in [4.69, 9.17) is 4.74 Å². The highest BCUT2D eigenvalue weighted by molar-refractivity contribution is 8.69. The van der Waals surface area contributed by atoms with E-state index in [1.807, 2.05) is 60.4 Å². The van der Waals surface area contributed by atoms with Gasteiger partial charge in [-0.2, -0.15) is 5.10 Å². The fourth-order valence-electron chi connectivity index (χ4n) is 3.66. The van der Waals surface area contributed by atoms with E-state index in [-0.39, 0.29) is 5.97 Å². The lowest BCUT2D eigenvalue weighted by atomic mass is 10.2. The Balaban J connectivity index is 1.90. The SMILES string of the molecule is CCn1cc(-n2c(C)c(Sc3cccc(C(=O)OC)c3)c3ccc([SH](C)(=O)S)cc32)cn1. The first-order valence-corrected chi connectivity index (χ1v) is 14.2. The predicted octanol–water partition coefficient (Wildman–Crippen LogP) is 4.94. The van der Waals surface area contributed by atoms with Gasteiger partial charge in [-0.3, -0.25) is 8.89 Å². The average molecular weight is 488 g/mol. The standard InChI is InChI=1S/C23H25N3O3S3/c1-5-25-14-17(13-24-25)26-15(2)22(20-10-9-19(12-21(20)26)32(4,28)30)31-18-8-6-7-16(11-18)23(27)29-3/h6-14,32H,5H2,1-4H3,(H,28,30). The van der Waals surface area contributed by atoms with E-state index in [1.54, 1.807) is 24.1 Å². The number of thiol groups is 2. The van der Waals surface area contributed by atoms with Crippen molar-refractivity contribution in [3.05, 3.63) is 66.1 Å². The van der Waals surface area contributed by atoms with Gasteiger partial charge in [-0.15, -0.1) is 11.7 Å². The maximum atomic E-state index is 12.7. The van der Waals surface area contributed by atoms with Crippen molar-refractivity contribution in [2.24, 2.45) is 0 Å². The summed E-state index contributed by atoms with van der Waals surface area (Å²) in [7, 11) is -1.35. The van der Waals surface area contributed by atoms with Gasteiger partial charge in [0.25, 0.3) is 0 Å². The summed E-state index contributed by atoms with van der Waals surface area (Å²) in [5.41, 5.74) is 3.42. The molecule has 0 unspecified atom stereocenters. The second-order valence-electron chi connectivity index (χ2n) is 7.51. The van der Waals surface area contributed by atoms with E-state index in [0.717, 1.165) is 38.6 Å². The molecule has 0 aliphatic heterocycles. The molecule has 0 bridgehead atoms. The molecule has 9 heteroatoms. The summed E-state index contributed by atoms with van der Waals surface area (Å²) in [5.74, 6) is -0.365. The molecular formula is C23H25N3O3S3. The van der Waals surface area contributed by atoms with Crippen LogP contribution in [0.3, 0.4) is 0 Å². The Bertz CT molecular complexity index is 1370. The van der Waals surface area contributed by atoms with Crippen LogP contribution in [0, 0.1) is 6.92 Å². The summed E-state index contributed by atoms with van der Waals surface area (Å²) in [6.07, 6.45) is 5.49. The topological polar surface area (TPSA) is 66.1 Å². The van der Waals surface area contributed by atoms with Gasteiger partial charge in [0.2, 0.25) is 0 Å². The summed E-state index contributed by atoms with van der Waals surface area (Å²) in [6, 6.07) is 13.2. The lowest BCUT2D eigenvalue weighted by Gasteiger charge is -2.12. The number of ether oxygens (including phenoxy) is 1. The first kappa shape index (κ1) is 22.7. The summed E-state index contributed by atoms with van der Waals surface area (Å²) in [6.45, 7) is 4.87. The highest BCUT2D eigenvalue weighted by atomic mass is 33.1. The molecule has 0 spiro atoms. The number of carbonyl (C=O) groups is 1. The van der Waals surface area contributed by atoms with Gasteiger partial charge in [0.05, 0.1) is 30.1 Å². The second kappa shape index (κ2) is 8.80. The van der Waals surface area contributed by atoms with Crippen LogP contribution in [-0.2, 0) is 20.2 Å². The fraction of sp³-hybridized carbons (Fsp3) is 0.217. The Labute approximate surface area is 197 Å². The van der Waals surface area contributed by atoms with Gasteiger partial charge in [-0.25, -0.2) is 4.79 Å². The van der Waals surface area contributed by atoms with E-state index in [1.165, 1.54) is 7.11 Å². The molecule has 4 aromatic rings. The van der Waals surface area contributed by atoms with Crippen molar-refractivity contribution in [1.82, 2.24) is 14.3 Å². The van der Waals surface area contributed by atoms with Crippen molar-refractivity contribution >= 4 is 49.3 Å². The minimum atomic E-state index is -2.73. The Hall–Kier alpha value is -2.49. The quantitative estimate of drug-likeness (QED) is 0.229. The van der Waals surface area contributed by atoms with Crippen LogP contribution in [0.15, 0.2) is 69.5 Å². The zero-order valence-corrected chi connectivity index (χ0v) is 20.9. The van der Waals surface area contributed by atoms with Gasteiger partial charge in [-0.1, -0.05) is 23.9 Å². The van der Waals surface area contributed by atoms with Crippen molar-refractivity contribution in [2.45, 2.75) is 35.1 Å². The Morgan fingerprint density at radius 1 is 1.25 bits per heavy atom. The van der Waals surface area contributed by atoms with Crippen LogP contribution in [-0.4, -0.2) is 37.9 Å². The summed E-state index contributed by atoms with van der Waals surface area (Å²) in [5, 5.41) is 5.46. The number of hydrogen-bond acceptors (Lipinski definition) is 5. The zero-order chi connectivity index (χ0) is 23.0. The molecule has 2 heterocycles. The summed E-state index contributed by atoms with van der Waals surface area (Å²) < 4.78 is 21.5. The zero-order valence-electron chi connectivity index (χ0n) is 18.3. The monoisotopic (exact) mass is 487 g/mol. The van der Waals surface area contributed by atoms with Crippen molar-refractivity contribution in [1.29, 1.82) is 0 Å². The Morgan fingerprint density at radius 2 is 2.03 bits per heavy atom. The molecule has 0 amide bonds. The van der Waals surface area contributed by atoms with Crippen molar-refractivity contribution < 1.29 is 13.7 Å². The van der Waals surface area contributed by atoms with Crippen molar-refractivity contribution in [2.75, 3.05) is 13.4 Å². The molecule has 4 rings (SSSR count). The maximum absolute atomic E-state index is 12.7. The minimum absolute atomic E-state index is 0.365. The first-order chi connectivity index (χ1) is 15.2. The number of aromatic nitrogens is 3. The van der Waals surface area contributed by atoms with Gasteiger partial charge in [0.15, 0.2) is 0 Å². The number of methoxy groups -OCH3 is 1. The van der Waals surface area contributed by atoms with Crippen molar-refractivity contribution in [3.8, 4) is 5.69 Å². The molecule has 0 radical (unpaired) electrons. The Kier molecular flexibility index (Phi) is 6.24. The molecule has 0 aliphatic carbocycles. The van der Waals surface area contributed by atoms with Crippen LogP contribution in [0.4, 0.5) is 0 Å². The van der Waals surface area contributed by atoms with Crippen LogP contribution in [0.5, 0.6) is 0 Å². The highest BCUT2D eigenvalue weighted by Crippen LogP contribution is 2.41. The maximum Gasteiger partial charge on any atom is 0.337 e. The van der Waals surface area contributed by atoms with E-state index < -0.39 is 8.96 Å². The number of rotatable bonds is 6. The summed E-state index contributed by atoms with van der Waals surface area (Å²) in [4.78, 5) is 14.7. The number of nitrogens with zero attached hydrogens (tertiary/aromatic N) is 3. The molecule has 0 saturated heterocycles. The number of esters is 1. The molecule has 0 saturated carbocycles. The molecular weight excluding hydrogens is 462 g/mol. The van der Waals surface area contributed by atoms with Gasteiger partial charge in [0.1, 0.15) is 0 Å². The third kappa shape index (κ3) is 4.24. The second-order valence-corrected chi connectivity index (χ2v) is 13.2. The molecule has 0 fully saturated rings. The van der Waals surface area contributed by atoms with Gasteiger partial charge < -0.3 is 9.30 Å². The van der Waals surface area contributed by atoms with E-state index in [2.05, 4.69) is 28.3 Å². The van der Waals surface area contributed by atoms with Gasteiger partial charge >= 0.3 is 5.97 Å². The molecule has 168 valence electrons. The number of fused-ring (bicyclic) bond motifs is 1. The van der Waals surface area contributed by atoms with Crippen LogP contribution in [0.2, 0.25) is 0 Å². The van der Waals surface area contributed by atoms with E-state index in [9.17, 15) is 9.00 Å². The molecule has 2 aromatic heterocycles. The molecule has 32 heavy (non-hydrogen) atoms. The Morgan fingerprint density at radius 3 is 2.69 bits per heavy atom. The lowest BCUT2D eigenvalue weighted by Crippen LogP contribution is -2.01. The predicted molar refractivity (Wildman–Crippen MR) is 134 cm³/mol. The molecule has 2 aromatic carbocycles. The van der Waals surface area contributed by atoms with Crippen LogP contribution in [0.1, 0.15) is 23.0 Å². The smallest absolute Gasteiger partial charge is 0.337 e. The highest BCUT2D eigenvalue weighted by Gasteiger charge is 2.20. The van der Waals surface area contributed by atoms with Crippen molar-refractivity contribution in [3.63, 3.8) is 0 Å². The normalized spacial score (nSPS) is 12.3. The van der Waals surface area contributed by atoms with Crippen LogP contribution >= 0.6 is 23.4 Å². The fourth-order valence-corrected chi connectivity index (χ4v) is 5.83. The molecule has 0 atom stereocenters. The van der Waals surface area contributed by atoms with Crippen LogP contribution < -0.4 is 0 Å². The van der Waals surface area contributed by atoms with Gasteiger partial charge in [0, 0.05) is 44.8 Å². The average Bonchev–Trinajstić information content (AvgIpc) is 3.35. The van der Waals surface area contributed by atoms with Crippen LogP contribution in [0.25, 0.3) is 16.6 Å². The van der Waals surface area contributed by atoms with E-state index in [0.29, 0.717) is 10.5 Å². The first-order valence-electron chi connectivity index (χ1n) is 10.1. The molecule has 0 N–H and O–H groups in total. The molecule has 6 nitrogen and oxygen atoms in total. The van der Waals surface area contributed by atoms with E-state index >= 15 is 0 Å². The number of carbonyl (C=O) groups excluding carboxylic acids is 1. The minimum Gasteiger partial charge on any atom is -0.465 e.